The molecule has 4 rings (SSSR count). The lowest BCUT2D eigenvalue weighted by molar-refractivity contribution is -0.151. The second-order valence-electron chi connectivity index (χ2n) is 10.8. The van der Waals surface area contributed by atoms with E-state index in [9.17, 15) is 9.59 Å². The maximum Gasteiger partial charge on any atom is 0.408 e. The van der Waals surface area contributed by atoms with Crippen molar-refractivity contribution in [3.05, 3.63) is 35.4 Å². The van der Waals surface area contributed by atoms with Gasteiger partial charge in [0, 0.05) is 38.7 Å². The predicted molar refractivity (Wildman–Crippen MR) is 133 cm³/mol. The number of methoxy groups -OCH3 is 2. The average Bonchev–Trinajstić information content (AvgIpc) is 3.06. The summed E-state index contributed by atoms with van der Waals surface area (Å²) in [7, 11) is 5.32. The van der Waals surface area contributed by atoms with Crippen LogP contribution in [0.4, 0.5) is 4.79 Å². The first-order valence-electron chi connectivity index (χ1n) is 12.5. The Balaban J connectivity index is 1.52. The highest BCUT2D eigenvalue weighted by molar-refractivity contribution is 5.81. The van der Waals surface area contributed by atoms with E-state index in [0.717, 1.165) is 31.0 Å². The number of hydrogen-bond donors (Lipinski definition) is 1. The molecule has 36 heavy (non-hydrogen) atoms. The third-order valence-electron chi connectivity index (χ3n) is 6.98. The van der Waals surface area contributed by atoms with Crippen LogP contribution in [0.3, 0.4) is 0 Å². The van der Waals surface area contributed by atoms with Crippen LogP contribution >= 0.6 is 0 Å². The SMILES string of the molecule is COCC[C@@H](NC(=O)OC(C)(C)C)C(=O)O[C@@H]1C=C[C@@]23CCN(C)Cc4ccc(OC)c(c42)O[C@H]3C1. The molecule has 9 heteroatoms. The monoisotopic (exact) mass is 502 g/mol. The number of rotatable bonds is 7. The molecule has 0 saturated heterocycles. The van der Waals surface area contributed by atoms with Gasteiger partial charge in [0.2, 0.25) is 0 Å². The van der Waals surface area contributed by atoms with Crippen LogP contribution in [-0.4, -0.2) is 75.2 Å². The highest BCUT2D eigenvalue weighted by Crippen LogP contribution is 2.55. The first kappa shape index (κ1) is 26.3. The summed E-state index contributed by atoms with van der Waals surface area (Å²) in [6.07, 6.45) is 4.45. The summed E-state index contributed by atoms with van der Waals surface area (Å²) in [4.78, 5) is 27.7. The molecule has 1 amide bonds. The summed E-state index contributed by atoms with van der Waals surface area (Å²) in [5.41, 5.74) is 1.44. The second kappa shape index (κ2) is 10.3. The quantitative estimate of drug-likeness (QED) is 0.448. The minimum Gasteiger partial charge on any atom is -0.493 e. The van der Waals surface area contributed by atoms with Gasteiger partial charge in [-0.3, -0.25) is 0 Å². The van der Waals surface area contributed by atoms with Gasteiger partial charge in [-0.1, -0.05) is 12.1 Å². The Morgan fingerprint density at radius 3 is 2.75 bits per heavy atom. The Kier molecular flexibility index (Phi) is 7.52. The molecular weight excluding hydrogens is 464 g/mol. The molecule has 1 aromatic carbocycles. The molecule has 2 aliphatic heterocycles. The fraction of sp³-hybridized carbons (Fsp3) is 0.630. The zero-order chi connectivity index (χ0) is 26.1. The number of carbonyl (C=O) groups is 2. The number of alkyl carbamates (subject to hydrolysis) is 1. The maximum absolute atomic E-state index is 13.1. The smallest absolute Gasteiger partial charge is 0.408 e. The van der Waals surface area contributed by atoms with E-state index in [0.29, 0.717) is 6.42 Å². The van der Waals surface area contributed by atoms with Crippen LogP contribution in [0.2, 0.25) is 0 Å². The van der Waals surface area contributed by atoms with Gasteiger partial charge in [0.25, 0.3) is 0 Å². The molecule has 0 radical (unpaired) electrons. The lowest BCUT2D eigenvalue weighted by atomic mass is 9.69. The Morgan fingerprint density at radius 2 is 2.06 bits per heavy atom. The molecule has 1 spiro atoms. The largest absolute Gasteiger partial charge is 0.493 e. The highest BCUT2D eigenvalue weighted by Gasteiger charge is 2.53. The van der Waals surface area contributed by atoms with Crippen molar-refractivity contribution in [2.45, 2.75) is 75.8 Å². The fourth-order valence-electron chi connectivity index (χ4n) is 5.32. The summed E-state index contributed by atoms with van der Waals surface area (Å²) < 4.78 is 28.4. The van der Waals surface area contributed by atoms with Gasteiger partial charge in [0.1, 0.15) is 23.9 Å². The van der Waals surface area contributed by atoms with E-state index < -0.39 is 29.8 Å². The summed E-state index contributed by atoms with van der Waals surface area (Å²) in [5, 5.41) is 2.63. The second-order valence-corrected chi connectivity index (χ2v) is 10.8. The van der Waals surface area contributed by atoms with Crippen molar-refractivity contribution in [1.29, 1.82) is 0 Å². The number of benzene rings is 1. The van der Waals surface area contributed by atoms with E-state index >= 15 is 0 Å². The maximum atomic E-state index is 13.1. The number of nitrogens with zero attached hydrogens (tertiary/aromatic N) is 1. The van der Waals surface area contributed by atoms with Crippen LogP contribution in [-0.2, 0) is 31.0 Å². The van der Waals surface area contributed by atoms with Gasteiger partial charge in [-0.25, -0.2) is 9.59 Å². The topological polar surface area (TPSA) is 95.6 Å². The van der Waals surface area contributed by atoms with Crippen LogP contribution in [0.5, 0.6) is 11.5 Å². The molecule has 4 atom stereocenters. The van der Waals surface area contributed by atoms with E-state index in [4.69, 9.17) is 23.7 Å². The van der Waals surface area contributed by atoms with Gasteiger partial charge in [-0.15, -0.1) is 0 Å². The van der Waals surface area contributed by atoms with Crippen LogP contribution in [0.1, 0.15) is 51.2 Å². The highest BCUT2D eigenvalue weighted by atomic mass is 16.6. The number of hydrogen-bond acceptors (Lipinski definition) is 8. The molecule has 1 N–H and O–H groups in total. The third-order valence-corrected chi connectivity index (χ3v) is 6.98. The summed E-state index contributed by atoms with van der Waals surface area (Å²) in [5.74, 6) is 0.976. The molecule has 0 bridgehead atoms. The van der Waals surface area contributed by atoms with Crippen molar-refractivity contribution in [2.24, 2.45) is 0 Å². The number of amides is 1. The van der Waals surface area contributed by atoms with Crippen molar-refractivity contribution in [1.82, 2.24) is 10.2 Å². The Morgan fingerprint density at radius 1 is 1.28 bits per heavy atom. The molecule has 0 unspecified atom stereocenters. The van der Waals surface area contributed by atoms with Gasteiger partial charge in [0.15, 0.2) is 11.5 Å². The number of ether oxygens (including phenoxy) is 5. The minimum absolute atomic E-state index is 0.187. The average molecular weight is 503 g/mol. The van der Waals surface area contributed by atoms with E-state index in [-0.39, 0.29) is 24.5 Å². The molecule has 2 heterocycles. The van der Waals surface area contributed by atoms with Crippen LogP contribution in [0.25, 0.3) is 0 Å². The first-order valence-corrected chi connectivity index (χ1v) is 12.5. The first-order chi connectivity index (χ1) is 17.1. The normalized spacial score (nSPS) is 25.6. The Hall–Kier alpha value is -2.78. The van der Waals surface area contributed by atoms with Gasteiger partial charge < -0.3 is 33.9 Å². The molecule has 9 nitrogen and oxygen atoms in total. The molecule has 0 aromatic heterocycles. The van der Waals surface area contributed by atoms with Gasteiger partial charge in [0.05, 0.1) is 12.5 Å². The van der Waals surface area contributed by atoms with E-state index in [1.807, 2.05) is 12.1 Å². The molecule has 0 fully saturated rings. The lowest BCUT2D eigenvalue weighted by Crippen LogP contribution is -2.47. The molecule has 1 aliphatic carbocycles. The van der Waals surface area contributed by atoms with E-state index in [1.54, 1.807) is 35.0 Å². The molecule has 3 aliphatic rings. The number of nitrogens with one attached hydrogen (secondary N) is 1. The molecular formula is C27H38N2O7. The zero-order valence-corrected chi connectivity index (χ0v) is 22.1. The van der Waals surface area contributed by atoms with Crippen molar-refractivity contribution in [2.75, 3.05) is 34.4 Å². The molecule has 0 saturated carbocycles. The summed E-state index contributed by atoms with van der Waals surface area (Å²) in [6.45, 7) is 7.35. The Labute approximate surface area is 213 Å². The fourth-order valence-corrected chi connectivity index (χ4v) is 5.32. The zero-order valence-electron chi connectivity index (χ0n) is 22.1. The standard InChI is InChI=1S/C27H38N2O7/c1-26(2,3)36-25(31)28-19(10-14-32-5)24(30)34-18-9-11-27-12-13-29(4)16-17-7-8-20(33-6)23(22(17)27)35-21(27)15-18/h7-9,11,18-19,21H,10,12-16H2,1-6H3,(H,28,31)/t18-,19-,21+,27+/m1/s1. The summed E-state index contributed by atoms with van der Waals surface area (Å²) >= 11 is 0. The van der Waals surface area contributed by atoms with Gasteiger partial charge in [-0.05, 0) is 58.5 Å². The Bertz CT molecular complexity index is 1020. The van der Waals surface area contributed by atoms with Gasteiger partial charge in [-0.2, -0.15) is 0 Å². The predicted octanol–water partition coefficient (Wildman–Crippen LogP) is 3.33. The van der Waals surface area contributed by atoms with E-state index in [1.165, 1.54) is 11.1 Å². The van der Waals surface area contributed by atoms with Crippen molar-refractivity contribution in [3.63, 3.8) is 0 Å². The minimum atomic E-state index is -0.885. The van der Waals surface area contributed by atoms with Crippen LogP contribution in [0, 0.1) is 0 Å². The third kappa shape index (κ3) is 5.32. The number of esters is 1. The van der Waals surface area contributed by atoms with Crippen molar-refractivity contribution < 1.29 is 33.3 Å². The molecule has 1 aromatic rings. The van der Waals surface area contributed by atoms with Crippen LogP contribution in [0.15, 0.2) is 24.3 Å². The van der Waals surface area contributed by atoms with Crippen molar-refractivity contribution >= 4 is 12.1 Å². The van der Waals surface area contributed by atoms with E-state index in [2.05, 4.69) is 29.4 Å². The summed E-state index contributed by atoms with van der Waals surface area (Å²) in [6, 6.07) is 3.20. The molecule has 198 valence electrons. The van der Waals surface area contributed by atoms with Crippen LogP contribution < -0.4 is 14.8 Å². The van der Waals surface area contributed by atoms with Crippen molar-refractivity contribution in [3.8, 4) is 11.5 Å². The lowest BCUT2D eigenvalue weighted by Gasteiger charge is -2.37. The van der Waals surface area contributed by atoms with Gasteiger partial charge >= 0.3 is 12.1 Å². The number of carbonyl (C=O) groups excluding carboxylic acids is 2.